The lowest BCUT2D eigenvalue weighted by atomic mass is 9.98. The van der Waals surface area contributed by atoms with Gasteiger partial charge in [-0.25, -0.2) is 0 Å². The molecule has 0 saturated heterocycles. The quantitative estimate of drug-likeness (QED) is 0.200. The Kier molecular flexibility index (Phi) is 6.17. The Balaban J connectivity index is 1.08. The topological polar surface area (TPSA) is 35.9 Å². The summed E-state index contributed by atoms with van der Waals surface area (Å²) in [6, 6.07) is 62.0. The van der Waals surface area contributed by atoms with E-state index < -0.39 is 0 Å². The van der Waals surface area contributed by atoms with Crippen LogP contribution in [0.25, 0.3) is 87.9 Å². The van der Waals surface area contributed by atoms with E-state index in [1.165, 1.54) is 99.0 Å². The van der Waals surface area contributed by atoms with Crippen LogP contribution in [-0.2, 0) is 6.54 Å². The molecular formula is C49H33N3. The van der Waals surface area contributed by atoms with Gasteiger partial charge in [0.2, 0.25) is 0 Å². The van der Waals surface area contributed by atoms with Gasteiger partial charge >= 0.3 is 0 Å². The molecule has 10 aromatic rings. The highest BCUT2D eigenvalue weighted by Crippen LogP contribution is 2.46. The largest absolute Gasteiger partial charge is 0.404 e. The summed E-state index contributed by atoms with van der Waals surface area (Å²) in [6.07, 6.45) is 1.78. The number of nitrogens with zero attached hydrogens (tertiary/aromatic N) is 2. The van der Waals surface area contributed by atoms with Crippen LogP contribution in [0.2, 0.25) is 0 Å². The Hall–Kier alpha value is -6.84. The van der Waals surface area contributed by atoms with E-state index in [0.717, 1.165) is 12.1 Å². The maximum absolute atomic E-state index is 6.31. The molecule has 0 amide bonds. The van der Waals surface area contributed by atoms with Crippen molar-refractivity contribution in [1.29, 1.82) is 0 Å². The number of hydrogen-bond donors (Lipinski definition) is 1. The molecule has 3 nitrogen and oxygen atoms in total. The molecule has 2 N–H and O–H groups in total. The van der Waals surface area contributed by atoms with Crippen LogP contribution in [0.1, 0.15) is 16.7 Å². The smallest absolute Gasteiger partial charge is 0.0619 e. The fourth-order valence-electron chi connectivity index (χ4n) is 8.91. The number of nitrogens with two attached hydrogens (primary N) is 1. The van der Waals surface area contributed by atoms with Crippen molar-refractivity contribution in [2.45, 2.75) is 6.54 Å². The minimum Gasteiger partial charge on any atom is -0.404 e. The molecule has 0 spiro atoms. The zero-order valence-electron chi connectivity index (χ0n) is 28.4. The van der Waals surface area contributed by atoms with E-state index in [-0.39, 0.29) is 0 Å². The second kappa shape index (κ2) is 11.1. The first kappa shape index (κ1) is 28.9. The van der Waals surface area contributed by atoms with Gasteiger partial charge in [-0.2, -0.15) is 0 Å². The van der Waals surface area contributed by atoms with Crippen molar-refractivity contribution in [1.82, 2.24) is 9.13 Å². The zero-order valence-corrected chi connectivity index (χ0v) is 28.4. The van der Waals surface area contributed by atoms with Gasteiger partial charge in [0, 0.05) is 62.0 Å². The van der Waals surface area contributed by atoms with Crippen LogP contribution >= 0.6 is 0 Å². The van der Waals surface area contributed by atoms with E-state index in [9.17, 15) is 0 Å². The molecule has 0 bridgehead atoms. The molecular weight excluding hydrogens is 631 g/mol. The summed E-state index contributed by atoms with van der Waals surface area (Å²) in [5, 5.41) is 7.55. The predicted molar refractivity (Wildman–Crippen MR) is 219 cm³/mol. The summed E-state index contributed by atoms with van der Waals surface area (Å²) in [5.74, 6) is 0. The third-order valence-corrected chi connectivity index (χ3v) is 11.2. The first-order valence-corrected chi connectivity index (χ1v) is 17.9. The van der Waals surface area contributed by atoms with E-state index in [0.29, 0.717) is 0 Å². The van der Waals surface area contributed by atoms with Crippen LogP contribution in [0.3, 0.4) is 0 Å². The molecule has 0 saturated carbocycles. The monoisotopic (exact) mass is 663 g/mol. The number of para-hydroxylation sites is 2. The minimum absolute atomic E-state index is 0.747. The zero-order chi connectivity index (χ0) is 34.3. The number of rotatable bonds is 4. The maximum atomic E-state index is 6.31. The molecule has 2 heterocycles. The highest BCUT2D eigenvalue weighted by molar-refractivity contribution is 6.19. The highest BCUT2D eigenvalue weighted by Gasteiger charge is 2.26. The fraction of sp³-hybridized carbons (Fsp3) is 0.0204. The SMILES string of the molecule is N/C=C1/c2ccccc2-c2cccc(Cn3c4ccccc4c4cc(-c5ccc6c(c5)c5ccc7ccccc7c5n6-c5ccccc5)ccc43)c21. The van der Waals surface area contributed by atoms with Gasteiger partial charge < -0.3 is 14.9 Å². The first-order chi connectivity index (χ1) is 25.8. The summed E-state index contributed by atoms with van der Waals surface area (Å²) in [6.45, 7) is 0.747. The average molecular weight is 664 g/mol. The highest BCUT2D eigenvalue weighted by atomic mass is 15.0. The third-order valence-electron chi connectivity index (χ3n) is 11.2. The number of benzene rings is 8. The van der Waals surface area contributed by atoms with E-state index >= 15 is 0 Å². The molecule has 1 aliphatic carbocycles. The Labute approximate surface area is 301 Å². The van der Waals surface area contributed by atoms with Crippen molar-refractivity contribution < 1.29 is 0 Å². The van der Waals surface area contributed by atoms with Crippen LogP contribution in [0, 0.1) is 0 Å². The average Bonchev–Trinajstić information content (AvgIpc) is 3.84. The summed E-state index contributed by atoms with van der Waals surface area (Å²) in [4.78, 5) is 0. The molecule has 244 valence electrons. The fourth-order valence-corrected chi connectivity index (χ4v) is 8.91. The van der Waals surface area contributed by atoms with Gasteiger partial charge in [-0.1, -0.05) is 127 Å². The minimum atomic E-state index is 0.747. The van der Waals surface area contributed by atoms with E-state index in [4.69, 9.17) is 5.73 Å². The van der Waals surface area contributed by atoms with Crippen LogP contribution in [0.4, 0.5) is 0 Å². The molecule has 0 aliphatic heterocycles. The molecule has 2 aromatic heterocycles. The summed E-state index contributed by atoms with van der Waals surface area (Å²) >= 11 is 0. The number of hydrogen-bond acceptors (Lipinski definition) is 1. The predicted octanol–water partition coefficient (Wildman–Crippen LogP) is 12.1. The van der Waals surface area contributed by atoms with Crippen molar-refractivity contribution >= 4 is 60.0 Å². The van der Waals surface area contributed by atoms with Gasteiger partial charge in [-0.15, -0.1) is 0 Å². The molecule has 3 heteroatoms. The van der Waals surface area contributed by atoms with Crippen LogP contribution in [0.15, 0.2) is 176 Å². The maximum Gasteiger partial charge on any atom is 0.0619 e. The van der Waals surface area contributed by atoms with E-state index in [2.05, 4.69) is 179 Å². The van der Waals surface area contributed by atoms with Gasteiger partial charge in [0.15, 0.2) is 0 Å². The van der Waals surface area contributed by atoms with Crippen molar-refractivity contribution in [2.24, 2.45) is 5.73 Å². The van der Waals surface area contributed by atoms with Crippen LogP contribution < -0.4 is 5.73 Å². The van der Waals surface area contributed by atoms with E-state index in [1.807, 2.05) is 0 Å². The van der Waals surface area contributed by atoms with E-state index in [1.54, 1.807) is 6.20 Å². The Morgan fingerprint density at radius 3 is 1.94 bits per heavy atom. The first-order valence-electron chi connectivity index (χ1n) is 17.9. The molecule has 0 atom stereocenters. The molecule has 0 radical (unpaired) electrons. The third kappa shape index (κ3) is 4.08. The van der Waals surface area contributed by atoms with Crippen LogP contribution in [-0.4, -0.2) is 9.13 Å². The van der Waals surface area contributed by atoms with Crippen LogP contribution in [0.5, 0.6) is 0 Å². The Bertz CT molecular complexity index is 3100. The van der Waals surface area contributed by atoms with Crippen molar-refractivity contribution in [3.63, 3.8) is 0 Å². The van der Waals surface area contributed by atoms with Gasteiger partial charge in [0.05, 0.1) is 11.0 Å². The summed E-state index contributed by atoms with van der Waals surface area (Å²) in [7, 11) is 0. The van der Waals surface area contributed by atoms with Crippen molar-refractivity contribution in [2.75, 3.05) is 0 Å². The van der Waals surface area contributed by atoms with Gasteiger partial charge in [0.1, 0.15) is 0 Å². The molecule has 8 aromatic carbocycles. The molecule has 0 fully saturated rings. The lowest BCUT2D eigenvalue weighted by molar-refractivity contribution is 0.867. The van der Waals surface area contributed by atoms with Gasteiger partial charge in [0.25, 0.3) is 0 Å². The second-order valence-corrected chi connectivity index (χ2v) is 13.9. The molecule has 52 heavy (non-hydrogen) atoms. The molecule has 11 rings (SSSR count). The Morgan fingerprint density at radius 1 is 0.462 bits per heavy atom. The molecule has 1 aliphatic rings. The van der Waals surface area contributed by atoms with Gasteiger partial charge in [-0.05, 0) is 86.8 Å². The second-order valence-electron chi connectivity index (χ2n) is 13.9. The lowest BCUT2D eigenvalue weighted by Gasteiger charge is -2.13. The Morgan fingerprint density at radius 2 is 1.12 bits per heavy atom. The molecule has 0 unspecified atom stereocenters. The summed E-state index contributed by atoms with van der Waals surface area (Å²) in [5.41, 5.74) is 22.1. The number of fused-ring (bicyclic) bond motifs is 11. The van der Waals surface area contributed by atoms with Crippen molar-refractivity contribution in [3.05, 3.63) is 193 Å². The summed E-state index contributed by atoms with van der Waals surface area (Å²) < 4.78 is 4.90. The normalized spacial score (nSPS) is 13.2. The number of aromatic nitrogens is 2. The standard InChI is InChI=1S/C49H33N3/c50-29-44-38-17-7-6-16-37(38)40-19-10-12-34(48(40)44)30-51-45-20-9-8-18-39(45)42-27-32(22-25-46(42)51)33-23-26-47-43(28-33)41-24-21-31-11-4-5-15-36(31)49(41)52(47)35-13-2-1-3-14-35/h1-29H,30,50H2/b44-29-. The van der Waals surface area contributed by atoms with Gasteiger partial charge in [-0.3, -0.25) is 0 Å². The van der Waals surface area contributed by atoms with Crippen molar-refractivity contribution in [3.8, 4) is 27.9 Å². The lowest BCUT2D eigenvalue weighted by Crippen LogP contribution is -2.03.